The van der Waals surface area contributed by atoms with E-state index < -0.39 is 0 Å². The molecule has 0 aliphatic heterocycles. The number of rotatable bonds is 1. The van der Waals surface area contributed by atoms with E-state index in [4.69, 9.17) is 0 Å². The monoisotopic (exact) mass is 181 g/mol. The van der Waals surface area contributed by atoms with E-state index in [2.05, 4.69) is 25.4 Å². The van der Waals surface area contributed by atoms with E-state index in [1.807, 2.05) is 13.2 Å². The first kappa shape index (κ1) is 7.48. The summed E-state index contributed by atoms with van der Waals surface area (Å²) in [7, 11) is 0. The van der Waals surface area contributed by atoms with Crippen molar-refractivity contribution in [3.8, 4) is 0 Å². The highest BCUT2D eigenvalue weighted by molar-refractivity contribution is 7.98. The van der Waals surface area contributed by atoms with E-state index in [0.717, 1.165) is 16.4 Å². The average Bonchev–Trinajstić information content (AvgIpc) is 2.52. The Hall–Kier alpha value is -1.17. The SMILES string of the molecule is CSc1nc(C)c2n[nH]nc2n1. The van der Waals surface area contributed by atoms with Gasteiger partial charge in [-0.2, -0.15) is 15.3 Å². The largest absolute Gasteiger partial charge is 0.225 e. The van der Waals surface area contributed by atoms with Crippen LogP contribution in [0.2, 0.25) is 0 Å². The van der Waals surface area contributed by atoms with Gasteiger partial charge in [0.15, 0.2) is 10.7 Å². The number of nitrogens with zero attached hydrogens (tertiary/aromatic N) is 4. The van der Waals surface area contributed by atoms with Crippen molar-refractivity contribution in [2.45, 2.75) is 12.1 Å². The number of nitrogens with one attached hydrogen (secondary N) is 1. The standard InChI is InChI=1S/C6H7N5S/c1-3-4-5(10-11-9-4)8-6(7-3)12-2/h1-2H3,(H,7,8,9,10,11). The summed E-state index contributed by atoms with van der Waals surface area (Å²) in [5.74, 6) is 0. The van der Waals surface area contributed by atoms with Crippen molar-refractivity contribution in [2.24, 2.45) is 0 Å². The molecule has 0 amide bonds. The minimum atomic E-state index is 0.631. The van der Waals surface area contributed by atoms with Crippen LogP contribution in [0.3, 0.4) is 0 Å². The lowest BCUT2D eigenvalue weighted by atomic mass is 10.4. The van der Waals surface area contributed by atoms with E-state index in [9.17, 15) is 0 Å². The number of hydrogen-bond donors (Lipinski definition) is 1. The lowest BCUT2D eigenvalue weighted by molar-refractivity contribution is 0.944. The van der Waals surface area contributed by atoms with Crippen LogP contribution >= 0.6 is 11.8 Å². The first-order valence-corrected chi connectivity index (χ1v) is 4.63. The topological polar surface area (TPSA) is 67.3 Å². The van der Waals surface area contributed by atoms with Gasteiger partial charge in [-0.25, -0.2) is 4.98 Å². The number of aryl methyl sites for hydroxylation is 1. The van der Waals surface area contributed by atoms with Gasteiger partial charge < -0.3 is 0 Å². The van der Waals surface area contributed by atoms with Gasteiger partial charge >= 0.3 is 0 Å². The molecule has 2 aromatic rings. The van der Waals surface area contributed by atoms with Crippen molar-refractivity contribution in [2.75, 3.05) is 6.26 Å². The zero-order valence-corrected chi connectivity index (χ0v) is 7.51. The molecule has 6 heteroatoms. The maximum Gasteiger partial charge on any atom is 0.205 e. The van der Waals surface area contributed by atoms with Gasteiger partial charge in [0.05, 0.1) is 5.69 Å². The van der Waals surface area contributed by atoms with Gasteiger partial charge in [-0.3, -0.25) is 0 Å². The number of hydrogen-bond acceptors (Lipinski definition) is 5. The van der Waals surface area contributed by atoms with Crippen LogP contribution < -0.4 is 0 Å². The number of aromatic amines is 1. The maximum absolute atomic E-state index is 4.22. The number of fused-ring (bicyclic) bond motifs is 1. The lowest BCUT2D eigenvalue weighted by Crippen LogP contribution is -1.90. The van der Waals surface area contributed by atoms with Gasteiger partial charge in [0.2, 0.25) is 5.65 Å². The van der Waals surface area contributed by atoms with Gasteiger partial charge in [-0.15, -0.1) is 5.10 Å². The van der Waals surface area contributed by atoms with Gasteiger partial charge in [0, 0.05) is 0 Å². The molecule has 0 radical (unpaired) electrons. The molecule has 0 unspecified atom stereocenters. The molecule has 2 aromatic heterocycles. The molecule has 0 atom stereocenters. The highest BCUT2D eigenvalue weighted by Crippen LogP contribution is 2.14. The third-order valence-corrected chi connectivity index (χ3v) is 2.07. The van der Waals surface area contributed by atoms with Crippen LogP contribution in [0.25, 0.3) is 11.2 Å². The maximum atomic E-state index is 4.22. The Morgan fingerprint density at radius 2 is 2.08 bits per heavy atom. The lowest BCUT2D eigenvalue weighted by Gasteiger charge is -1.95. The second-order valence-corrected chi connectivity index (χ2v) is 3.06. The zero-order chi connectivity index (χ0) is 8.55. The fourth-order valence-corrected chi connectivity index (χ4v) is 1.36. The van der Waals surface area contributed by atoms with Gasteiger partial charge in [-0.1, -0.05) is 11.8 Å². The molecule has 5 nitrogen and oxygen atoms in total. The van der Waals surface area contributed by atoms with Crippen LogP contribution in [0.1, 0.15) is 5.69 Å². The Bertz CT molecular complexity index is 409. The Balaban J connectivity index is 2.75. The predicted molar refractivity (Wildman–Crippen MR) is 46.0 cm³/mol. The molecule has 0 aliphatic rings. The Kier molecular flexibility index (Phi) is 1.69. The van der Waals surface area contributed by atoms with Crippen LogP contribution in [-0.2, 0) is 0 Å². The summed E-state index contributed by atoms with van der Waals surface area (Å²) in [5, 5.41) is 11.1. The molecule has 0 fully saturated rings. The van der Waals surface area contributed by atoms with Gasteiger partial charge in [-0.05, 0) is 13.2 Å². The third-order valence-electron chi connectivity index (χ3n) is 1.52. The van der Waals surface area contributed by atoms with Crippen LogP contribution in [0.5, 0.6) is 0 Å². The second-order valence-electron chi connectivity index (χ2n) is 2.29. The summed E-state index contributed by atoms with van der Waals surface area (Å²) in [6, 6.07) is 0. The number of H-pyrrole nitrogens is 1. The molecule has 0 bridgehead atoms. The third kappa shape index (κ3) is 1.04. The molecular formula is C6H7N5S. The molecule has 0 saturated carbocycles. The molecule has 0 aromatic carbocycles. The smallest absolute Gasteiger partial charge is 0.205 e. The molecule has 0 aliphatic carbocycles. The molecule has 12 heavy (non-hydrogen) atoms. The van der Waals surface area contributed by atoms with Gasteiger partial charge in [0.25, 0.3) is 0 Å². The fourth-order valence-electron chi connectivity index (χ4n) is 0.949. The summed E-state index contributed by atoms with van der Waals surface area (Å²) < 4.78 is 0. The van der Waals surface area contributed by atoms with Crippen LogP contribution in [0.4, 0.5) is 0 Å². The van der Waals surface area contributed by atoms with Crippen molar-refractivity contribution in [1.82, 2.24) is 25.4 Å². The minimum absolute atomic E-state index is 0.631. The van der Waals surface area contributed by atoms with Crippen molar-refractivity contribution in [3.05, 3.63) is 5.69 Å². The van der Waals surface area contributed by atoms with E-state index >= 15 is 0 Å². The van der Waals surface area contributed by atoms with E-state index in [0.29, 0.717) is 5.65 Å². The summed E-state index contributed by atoms with van der Waals surface area (Å²) in [6.07, 6.45) is 1.93. The Morgan fingerprint density at radius 3 is 2.83 bits per heavy atom. The van der Waals surface area contributed by atoms with Crippen molar-refractivity contribution in [3.63, 3.8) is 0 Å². The fraction of sp³-hybridized carbons (Fsp3) is 0.333. The van der Waals surface area contributed by atoms with E-state index in [1.165, 1.54) is 11.8 Å². The van der Waals surface area contributed by atoms with Crippen molar-refractivity contribution >= 4 is 22.9 Å². The molecule has 0 saturated heterocycles. The summed E-state index contributed by atoms with van der Waals surface area (Å²) >= 11 is 1.50. The van der Waals surface area contributed by atoms with E-state index in [1.54, 1.807) is 0 Å². The highest BCUT2D eigenvalue weighted by Gasteiger charge is 2.06. The zero-order valence-electron chi connectivity index (χ0n) is 6.70. The molecule has 62 valence electrons. The molecule has 0 spiro atoms. The van der Waals surface area contributed by atoms with Crippen LogP contribution in [-0.4, -0.2) is 31.6 Å². The summed E-state index contributed by atoms with van der Waals surface area (Å²) in [4.78, 5) is 8.38. The quantitative estimate of drug-likeness (QED) is 0.520. The van der Waals surface area contributed by atoms with Crippen LogP contribution in [0.15, 0.2) is 5.16 Å². The summed E-state index contributed by atoms with van der Waals surface area (Å²) in [6.45, 7) is 1.90. The van der Waals surface area contributed by atoms with Crippen molar-refractivity contribution in [1.29, 1.82) is 0 Å². The molecule has 2 heterocycles. The minimum Gasteiger partial charge on any atom is -0.225 e. The molecule has 1 N–H and O–H groups in total. The number of aromatic nitrogens is 5. The Labute approximate surface area is 73.0 Å². The summed E-state index contributed by atoms with van der Waals surface area (Å²) in [5.41, 5.74) is 2.23. The average molecular weight is 181 g/mol. The highest BCUT2D eigenvalue weighted by atomic mass is 32.2. The molecular weight excluding hydrogens is 174 g/mol. The second kappa shape index (κ2) is 2.71. The predicted octanol–water partition coefficient (Wildman–Crippen LogP) is 0.778. The first-order chi connectivity index (χ1) is 5.81. The van der Waals surface area contributed by atoms with Gasteiger partial charge in [0.1, 0.15) is 0 Å². The first-order valence-electron chi connectivity index (χ1n) is 3.40. The van der Waals surface area contributed by atoms with E-state index in [-0.39, 0.29) is 0 Å². The molecule has 2 rings (SSSR count). The number of thioether (sulfide) groups is 1. The Morgan fingerprint density at radius 1 is 1.25 bits per heavy atom. The van der Waals surface area contributed by atoms with Crippen molar-refractivity contribution < 1.29 is 0 Å². The normalized spacial score (nSPS) is 10.8. The van der Waals surface area contributed by atoms with Crippen LogP contribution in [0, 0.1) is 6.92 Å².